The van der Waals surface area contributed by atoms with Crippen LogP contribution in [-0.2, 0) is 9.59 Å². The van der Waals surface area contributed by atoms with E-state index in [-0.39, 0.29) is 53.5 Å². The Bertz CT molecular complexity index is 586. The van der Waals surface area contributed by atoms with Gasteiger partial charge in [0.25, 0.3) is 0 Å². The molecular formula is C16H18O5. The molecule has 0 unspecified atom stereocenters. The number of hydrogen-bond acceptors (Lipinski definition) is 5. The number of esters is 1. The summed E-state index contributed by atoms with van der Waals surface area (Å²) in [4.78, 5) is 46.2. The molecule has 0 saturated carbocycles. The van der Waals surface area contributed by atoms with E-state index in [2.05, 4.69) is 0 Å². The molecule has 1 rings (SSSR count). The lowest BCUT2D eigenvalue weighted by Gasteiger charge is -2.11. The van der Waals surface area contributed by atoms with Crippen molar-refractivity contribution < 1.29 is 23.9 Å². The highest BCUT2D eigenvalue weighted by atomic mass is 16.5. The van der Waals surface area contributed by atoms with Crippen LogP contribution in [0.2, 0.25) is 0 Å². The number of rotatable bonds is 7. The average molecular weight is 290 g/mol. The summed E-state index contributed by atoms with van der Waals surface area (Å²) in [5.74, 6) is -1.18. The van der Waals surface area contributed by atoms with Crippen molar-refractivity contribution in [2.75, 3.05) is 0 Å². The van der Waals surface area contributed by atoms with E-state index in [0.29, 0.717) is 0 Å². The van der Waals surface area contributed by atoms with Gasteiger partial charge in [-0.25, -0.2) is 0 Å². The van der Waals surface area contributed by atoms with Crippen LogP contribution in [0.15, 0.2) is 18.2 Å². The lowest BCUT2D eigenvalue weighted by molar-refractivity contribution is -0.136. The predicted octanol–water partition coefficient (Wildman–Crippen LogP) is 2.76. The Hall–Kier alpha value is -2.30. The summed E-state index contributed by atoms with van der Waals surface area (Å²) in [5.41, 5.74) is 0.363. The Morgan fingerprint density at radius 1 is 1.05 bits per heavy atom. The van der Waals surface area contributed by atoms with E-state index in [4.69, 9.17) is 4.74 Å². The first-order valence-electron chi connectivity index (χ1n) is 6.74. The number of hydrogen-bond donors (Lipinski definition) is 0. The van der Waals surface area contributed by atoms with Gasteiger partial charge >= 0.3 is 5.97 Å². The molecule has 1 aromatic rings. The predicted molar refractivity (Wildman–Crippen MR) is 76.6 cm³/mol. The van der Waals surface area contributed by atoms with Gasteiger partial charge in [0.2, 0.25) is 0 Å². The van der Waals surface area contributed by atoms with Gasteiger partial charge in [0, 0.05) is 18.4 Å². The van der Waals surface area contributed by atoms with Crippen molar-refractivity contribution in [1.82, 2.24) is 0 Å². The van der Waals surface area contributed by atoms with Crippen LogP contribution in [0, 0.1) is 0 Å². The molecule has 0 atom stereocenters. The van der Waals surface area contributed by atoms with Crippen molar-refractivity contribution in [2.45, 2.75) is 40.0 Å². The molecule has 0 fully saturated rings. The average Bonchev–Trinajstić information content (AvgIpc) is 2.44. The van der Waals surface area contributed by atoms with Crippen LogP contribution in [0.4, 0.5) is 0 Å². The molecule has 1 aromatic carbocycles. The fourth-order valence-corrected chi connectivity index (χ4v) is 1.83. The maximum absolute atomic E-state index is 12.0. The maximum Gasteiger partial charge on any atom is 0.311 e. The van der Waals surface area contributed by atoms with E-state index in [1.54, 1.807) is 13.0 Å². The Labute approximate surface area is 123 Å². The Balaban J connectivity index is 3.09. The summed E-state index contributed by atoms with van der Waals surface area (Å²) >= 11 is 0. The summed E-state index contributed by atoms with van der Waals surface area (Å²) in [6.07, 6.45) is 0.226. The molecule has 0 amide bonds. The minimum absolute atomic E-state index is 0.0562. The fraction of sp³-hybridized carbons (Fsp3) is 0.375. The first kappa shape index (κ1) is 16.8. The van der Waals surface area contributed by atoms with Gasteiger partial charge in [-0.1, -0.05) is 19.1 Å². The number of ether oxygens (including phenoxy) is 1. The van der Waals surface area contributed by atoms with Crippen LogP contribution >= 0.6 is 0 Å². The molecule has 0 bridgehead atoms. The molecule has 5 heteroatoms. The van der Waals surface area contributed by atoms with Gasteiger partial charge in [0.1, 0.15) is 11.5 Å². The van der Waals surface area contributed by atoms with E-state index in [9.17, 15) is 19.2 Å². The summed E-state index contributed by atoms with van der Waals surface area (Å²) in [6, 6.07) is 4.55. The molecule has 0 N–H and O–H groups in total. The first-order valence-corrected chi connectivity index (χ1v) is 6.74. The van der Waals surface area contributed by atoms with Gasteiger partial charge in [0.05, 0.1) is 12.0 Å². The van der Waals surface area contributed by atoms with E-state index in [1.807, 2.05) is 0 Å². The van der Waals surface area contributed by atoms with Gasteiger partial charge in [-0.3, -0.25) is 14.4 Å². The van der Waals surface area contributed by atoms with E-state index < -0.39 is 5.97 Å². The first-order chi connectivity index (χ1) is 9.86. The highest BCUT2D eigenvalue weighted by Crippen LogP contribution is 2.25. The van der Waals surface area contributed by atoms with Gasteiger partial charge in [-0.05, 0) is 19.9 Å². The van der Waals surface area contributed by atoms with Crippen molar-refractivity contribution >= 4 is 23.3 Å². The van der Waals surface area contributed by atoms with Crippen LogP contribution in [0.3, 0.4) is 0 Å². The maximum atomic E-state index is 12.0. The summed E-state index contributed by atoms with van der Waals surface area (Å²) in [6.45, 7) is 4.40. The second-order valence-electron chi connectivity index (χ2n) is 4.69. The number of carbonyl (C=O) groups is 4. The van der Waals surface area contributed by atoms with Crippen molar-refractivity contribution in [3.8, 4) is 5.75 Å². The molecule has 0 aliphatic carbocycles. The fourth-order valence-electron chi connectivity index (χ4n) is 1.83. The van der Waals surface area contributed by atoms with Crippen LogP contribution in [0.1, 0.15) is 60.7 Å². The Kier molecular flexibility index (Phi) is 5.96. The molecule has 112 valence electrons. The van der Waals surface area contributed by atoms with Crippen LogP contribution in [0.25, 0.3) is 0 Å². The highest BCUT2D eigenvalue weighted by Gasteiger charge is 2.20. The third-order valence-electron chi connectivity index (χ3n) is 2.91. The molecule has 0 saturated heterocycles. The van der Waals surface area contributed by atoms with Gasteiger partial charge < -0.3 is 9.53 Å². The number of ketones is 3. The molecule has 0 heterocycles. The van der Waals surface area contributed by atoms with Crippen LogP contribution < -0.4 is 4.74 Å². The zero-order valence-electron chi connectivity index (χ0n) is 12.4. The second-order valence-corrected chi connectivity index (χ2v) is 4.69. The lowest BCUT2D eigenvalue weighted by Crippen LogP contribution is -2.14. The van der Waals surface area contributed by atoms with Crippen molar-refractivity contribution in [1.29, 1.82) is 0 Å². The van der Waals surface area contributed by atoms with E-state index >= 15 is 0 Å². The molecule has 0 aliphatic rings. The van der Waals surface area contributed by atoms with Crippen LogP contribution in [-0.4, -0.2) is 23.3 Å². The zero-order chi connectivity index (χ0) is 16.0. The highest BCUT2D eigenvalue weighted by molar-refractivity contribution is 6.10. The van der Waals surface area contributed by atoms with Crippen molar-refractivity contribution in [3.63, 3.8) is 0 Å². The lowest BCUT2D eigenvalue weighted by atomic mass is 9.98. The van der Waals surface area contributed by atoms with Crippen molar-refractivity contribution in [3.05, 3.63) is 29.3 Å². The second kappa shape index (κ2) is 7.47. The minimum Gasteiger partial charge on any atom is -0.426 e. The smallest absolute Gasteiger partial charge is 0.311 e. The molecule has 21 heavy (non-hydrogen) atoms. The van der Waals surface area contributed by atoms with E-state index in [1.165, 1.54) is 26.0 Å². The van der Waals surface area contributed by atoms with Gasteiger partial charge in [-0.2, -0.15) is 0 Å². The standard InChI is InChI=1S/C16H18O5/c1-4-13(19)16-12(11(3)18)6-5-7-14(16)21-15(20)9-8-10(2)17/h5-7H,4,8-9H2,1-3H3. The molecule has 0 aromatic heterocycles. The van der Waals surface area contributed by atoms with Gasteiger partial charge in [0.15, 0.2) is 11.6 Å². The largest absolute Gasteiger partial charge is 0.426 e. The normalized spacial score (nSPS) is 10.0. The Morgan fingerprint density at radius 3 is 2.24 bits per heavy atom. The molecule has 0 spiro atoms. The van der Waals surface area contributed by atoms with Crippen molar-refractivity contribution in [2.24, 2.45) is 0 Å². The number of benzene rings is 1. The molecule has 5 nitrogen and oxygen atoms in total. The summed E-state index contributed by atoms with van der Waals surface area (Å²) in [5, 5.41) is 0. The molecule has 0 aliphatic heterocycles. The molecular weight excluding hydrogens is 272 g/mol. The summed E-state index contributed by atoms with van der Waals surface area (Å²) in [7, 11) is 0. The summed E-state index contributed by atoms with van der Waals surface area (Å²) < 4.78 is 5.15. The monoisotopic (exact) mass is 290 g/mol. The number of carbonyl (C=O) groups excluding carboxylic acids is 4. The van der Waals surface area contributed by atoms with Gasteiger partial charge in [-0.15, -0.1) is 0 Å². The third kappa shape index (κ3) is 4.63. The van der Waals surface area contributed by atoms with Crippen LogP contribution in [0.5, 0.6) is 5.75 Å². The Morgan fingerprint density at radius 2 is 1.71 bits per heavy atom. The van der Waals surface area contributed by atoms with E-state index in [0.717, 1.165) is 0 Å². The molecule has 0 radical (unpaired) electrons. The number of Topliss-reactive ketones (excluding diaryl/α,β-unsaturated/α-hetero) is 3. The minimum atomic E-state index is -0.601. The third-order valence-corrected chi connectivity index (χ3v) is 2.91. The topological polar surface area (TPSA) is 77.5 Å². The SMILES string of the molecule is CCC(=O)c1c(OC(=O)CCC(C)=O)cccc1C(C)=O. The quantitative estimate of drug-likeness (QED) is 0.438. The zero-order valence-corrected chi connectivity index (χ0v) is 12.4.